The van der Waals surface area contributed by atoms with Crippen LogP contribution in [0.4, 0.5) is 0 Å². The van der Waals surface area contributed by atoms with Gasteiger partial charge in [0.15, 0.2) is 5.03 Å². The zero-order chi connectivity index (χ0) is 19.5. The van der Waals surface area contributed by atoms with Crippen molar-refractivity contribution in [3.05, 3.63) is 54.7 Å². The van der Waals surface area contributed by atoms with Gasteiger partial charge in [0.2, 0.25) is 0 Å². The molecule has 0 amide bonds. The van der Waals surface area contributed by atoms with Gasteiger partial charge in [0, 0.05) is 62.2 Å². The molecule has 0 aliphatic carbocycles. The van der Waals surface area contributed by atoms with Gasteiger partial charge in [-0.2, -0.15) is 9.40 Å². The predicted molar refractivity (Wildman–Crippen MR) is 105 cm³/mol. The first-order chi connectivity index (χ1) is 13.4. The van der Waals surface area contributed by atoms with Crippen LogP contribution in [0.2, 0.25) is 0 Å². The van der Waals surface area contributed by atoms with Crippen molar-refractivity contribution in [2.24, 2.45) is 14.1 Å². The zero-order valence-electron chi connectivity index (χ0n) is 15.6. The number of rotatable bonds is 3. The molecule has 3 aromatic heterocycles. The normalized spacial score (nSPS) is 15.2. The van der Waals surface area contributed by atoms with Crippen molar-refractivity contribution in [2.75, 3.05) is 6.54 Å². The SMILES string of the molecule is Cn1ccc(S(=O)(=O)N2CCn3cc(-c4ccc5c(ccn5C)c4)nc3C2)n1. The number of sulfonamides is 1. The number of aromatic nitrogens is 5. The maximum atomic E-state index is 12.8. The fraction of sp³-hybridized carbons (Fsp3) is 0.263. The van der Waals surface area contributed by atoms with E-state index in [0.29, 0.717) is 13.1 Å². The summed E-state index contributed by atoms with van der Waals surface area (Å²) < 4.78 is 32.8. The van der Waals surface area contributed by atoms with Gasteiger partial charge in [-0.05, 0) is 24.3 Å². The van der Waals surface area contributed by atoms with Gasteiger partial charge < -0.3 is 9.13 Å². The Morgan fingerprint density at radius 1 is 1.04 bits per heavy atom. The van der Waals surface area contributed by atoms with E-state index >= 15 is 0 Å². The van der Waals surface area contributed by atoms with Crippen molar-refractivity contribution in [3.8, 4) is 11.3 Å². The highest BCUT2D eigenvalue weighted by atomic mass is 32.2. The molecule has 0 saturated heterocycles. The molecule has 1 aliphatic rings. The maximum Gasteiger partial charge on any atom is 0.262 e. The van der Waals surface area contributed by atoms with E-state index in [1.165, 1.54) is 20.6 Å². The van der Waals surface area contributed by atoms with Gasteiger partial charge in [-0.3, -0.25) is 4.68 Å². The Labute approximate surface area is 162 Å². The van der Waals surface area contributed by atoms with E-state index < -0.39 is 10.0 Å². The summed E-state index contributed by atoms with van der Waals surface area (Å²) in [6.45, 7) is 1.22. The molecule has 8 nitrogen and oxygen atoms in total. The fourth-order valence-corrected chi connectivity index (χ4v) is 5.02. The van der Waals surface area contributed by atoms with Crippen molar-refractivity contribution in [2.45, 2.75) is 18.1 Å². The number of benzene rings is 1. The summed E-state index contributed by atoms with van der Waals surface area (Å²) >= 11 is 0. The smallest absolute Gasteiger partial charge is 0.262 e. The number of nitrogens with zero attached hydrogens (tertiary/aromatic N) is 6. The Morgan fingerprint density at radius 3 is 2.68 bits per heavy atom. The van der Waals surface area contributed by atoms with Crippen molar-refractivity contribution >= 4 is 20.9 Å². The van der Waals surface area contributed by atoms with Gasteiger partial charge in [-0.1, -0.05) is 6.07 Å². The first-order valence-corrected chi connectivity index (χ1v) is 10.5. The summed E-state index contributed by atoms with van der Waals surface area (Å²) in [7, 11) is 0.108. The molecule has 0 spiro atoms. The monoisotopic (exact) mass is 396 g/mol. The minimum Gasteiger partial charge on any atom is -0.351 e. The van der Waals surface area contributed by atoms with Gasteiger partial charge in [0.25, 0.3) is 10.0 Å². The molecule has 1 aliphatic heterocycles. The Balaban J connectivity index is 1.46. The maximum absolute atomic E-state index is 12.8. The summed E-state index contributed by atoms with van der Waals surface area (Å²) in [5.74, 6) is 0.744. The number of aryl methyl sites for hydroxylation is 2. The van der Waals surface area contributed by atoms with Crippen molar-refractivity contribution in [1.82, 2.24) is 28.2 Å². The Hall–Kier alpha value is -2.91. The summed E-state index contributed by atoms with van der Waals surface area (Å²) in [4.78, 5) is 4.72. The largest absolute Gasteiger partial charge is 0.351 e. The highest BCUT2D eigenvalue weighted by molar-refractivity contribution is 7.89. The van der Waals surface area contributed by atoms with E-state index in [2.05, 4.69) is 33.9 Å². The molecule has 1 aromatic carbocycles. The second-order valence-electron chi connectivity index (χ2n) is 7.10. The van der Waals surface area contributed by atoms with Gasteiger partial charge in [0.05, 0.1) is 12.2 Å². The first kappa shape index (κ1) is 17.2. The lowest BCUT2D eigenvalue weighted by atomic mass is 10.1. The third-order valence-corrected chi connectivity index (χ3v) is 6.98. The van der Waals surface area contributed by atoms with Crippen LogP contribution in [0.5, 0.6) is 0 Å². The number of fused-ring (bicyclic) bond motifs is 2. The molecule has 0 atom stereocenters. The predicted octanol–water partition coefficient (Wildman–Crippen LogP) is 1.98. The summed E-state index contributed by atoms with van der Waals surface area (Å²) in [6, 6.07) is 9.86. The Kier molecular flexibility index (Phi) is 3.72. The highest BCUT2D eigenvalue weighted by Gasteiger charge is 2.31. The Morgan fingerprint density at radius 2 is 1.89 bits per heavy atom. The van der Waals surface area contributed by atoms with Crippen LogP contribution >= 0.6 is 0 Å². The standard InChI is InChI=1S/C19H20N6O2S/c1-22-7-5-15-11-14(3-4-17(15)22)16-12-24-9-10-25(13-18(24)20-16)28(26,27)19-6-8-23(2)21-19/h3-8,11-12H,9-10,13H2,1-2H3. The van der Waals surface area contributed by atoms with Crippen LogP contribution in [-0.2, 0) is 37.2 Å². The third-order valence-electron chi connectivity index (χ3n) is 5.24. The van der Waals surface area contributed by atoms with Crippen LogP contribution in [0, 0.1) is 0 Å². The molecule has 0 radical (unpaired) electrons. The molecule has 0 unspecified atom stereocenters. The molecular formula is C19H20N6O2S. The van der Waals surface area contributed by atoms with Crippen LogP contribution in [0.25, 0.3) is 22.2 Å². The molecule has 4 heterocycles. The van der Waals surface area contributed by atoms with E-state index in [0.717, 1.165) is 22.5 Å². The van der Waals surface area contributed by atoms with Gasteiger partial charge in [-0.15, -0.1) is 0 Å². The quantitative estimate of drug-likeness (QED) is 0.531. The second-order valence-corrected chi connectivity index (χ2v) is 8.99. The number of hydrogen-bond donors (Lipinski definition) is 0. The minimum absolute atomic E-state index is 0.0739. The van der Waals surface area contributed by atoms with E-state index in [4.69, 9.17) is 4.98 Å². The Bertz CT molecular complexity index is 1300. The lowest BCUT2D eigenvalue weighted by molar-refractivity contribution is 0.334. The molecule has 4 aromatic rings. The van der Waals surface area contributed by atoms with E-state index in [-0.39, 0.29) is 11.6 Å². The molecule has 0 N–H and O–H groups in total. The lowest BCUT2D eigenvalue weighted by Crippen LogP contribution is -2.38. The highest BCUT2D eigenvalue weighted by Crippen LogP contribution is 2.27. The van der Waals surface area contributed by atoms with Gasteiger partial charge in [0.1, 0.15) is 5.82 Å². The van der Waals surface area contributed by atoms with Crippen molar-refractivity contribution in [1.29, 1.82) is 0 Å². The molecular weight excluding hydrogens is 376 g/mol. The van der Waals surface area contributed by atoms with Crippen LogP contribution in [0.15, 0.2) is 53.9 Å². The fourth-order valence-electron chi connectivity index (χ4n) is 3.68. The lowest BCUT2D eigenvalue weighted by Gasteiger charge is -2.25. The van der Waals surface area contributed by atoms with Crippen molar-refractivity contribution < 1.29 is 8.42 Å². The average Bonchev–Trinajstić information content (AvgIpc) is 3.39. The second kappa shape index (κ2) is 6.05. The first-order valence-electron chi connectivity index (χ1n) is 9.03. The van der Waals surface area contributed by atoms with Crippen molar-refractivity contribution in [3.63, 3.8) is 0 Å². The molecule has 0 fully saturated rings. The van der Waals surface area contributed by atoms with E-state index in [1.54, 1.807) is 13.2 Å². The van der Waals surface area contributed by atoms with Crippen LogP contribution in [0.1, 0.15) is 5.82 Å². The van der Waals surface area contributed by atoms with Crippen LogP contribution in [0.3, 0.4) is 0 Å². The molecule has 0 saturated carbocycles. The minimum atomic E-state index is -3.62. The van der Waals surface area contributed by atoms with Gasteiger partial charge in [-0.25, -0.2) is 13.4 Å². The third kappa shape index (κ3) is 2.66. The summed E-state index contributed by atoms with van der Waals surface area (Å²) in [6.07, 6.45) is 5.67. The zero-order valence-corrected chi connectivity index (χ0v) is 16.5. The molecule has 28 heavy (non-hydrogen) atoms. The number of hydrogen-bond acceptors (Lipinski definition) is 4. The van der Waals surface area contributed by atoms with Gasteiger partial charge >= 0.3 is 0 Å². The average molecular weight is 396 g/mol. The molecule has 9 heteroatoms. The molecule has 0 bridgehead atoms. The summed E-state index contributed by atoms with van der Waals surface area (Å²) in [5, 5.41) is 5.29. The molecule has 5 rings (SSSR count). The van der Waals surface area contributed by atoms with Crippen LogP contribution < -0.4 is 0 Å². The van der Waals surface area contributed by atoms with Crippen LogP contribution in [-0.4, -0.2) is 43.2 Å². The summed E-state index contributed by atoms with van der Waals surface area (Å²) in [5.41, 5.74) is 3.05. The topological polar surface area (TPSA) is 78.0 Å². The van der Waals surface area contributed by atoms with E-state index in [1.807, 2.05) is 24.0 Å². The van der Waals surface area contributed by atoms with E-state index in [9.17, 15) is 8.42 Å². The number of imidazole rings is 1. The molecule has 144 valence electrons.